The molecule has 2 amide bonds. The first-order valence-corrected chi connectivity index (χ1v) is 8.06. The van der Waals surface area contributed by atoms with Crippen LogP contribution in [0.3, 0.4) is 0 Å². The molecule has 0 saturated carbocycles. The van der Waals surface area contributed by atoms with Gasteiger partial charge in [0.15, 0.2) is 0 Å². The Kier molecular flexibility index (Phi) is 8.22. The number of methoxy groups -OCH3 is 1. The van der Waals surface area contributed by atoms with Crippen LogP contribution in [0.2, 0.25) is 0 Å². The fourth-order valence-corrected chi connectivity index (χ4v) is 2.39. The first-order chi connectivity index (χ1) is 12.3. The van der Waals surface area contributed by atoms with Crippen molar-refractivity contribution in [1.29, 1.82) is 5.26 Å². The van der Waals surface area contributed by atoms with Crippen LogP contribution in [0.5, 0.6) is 0 Å². The molecule has 0 saturated heterocycles. The van der Waals surface area contributed by atoms with E-state index in [4.69, 9.17) is 5.26 Å². The van der Waals surface area contributed by atoms with Crippen molar-refractivity contribution < 1.29 is 23.5 Å². The van der Waals surface area contributed by atoms with Crippen LogP contribution in [0.25, 0.3) is 0 Å². The van der Waals surface area contributed by atoms with Crippen molar-refractivity contribution in [2.24, 2.45) is 5.92 Å². The molecule has 3 atom stereocenters. The van der Waals surface area contributed by atoms with E-state index in [9.17, 15) is 18.8 Å². The Balaban J connectivity index is 2.93. The summed E-state index contributed by atoms with van der Waals surface area (Å²) in [6, 6.07) is 5.62. The summed E-state index contributed by atoms with van der Waals surface area (Å²) in [5.74, 6) is -2.69. The Morgan fingerprint density at radius 2 is 1.96 bits per heavy atom. The van der Waals surface area contributed by atoms with Gasteiger partial charge in [-0.1, -0.05) is 12.1 Å². The number of esters is 1. The van der Waals surface area contributed by atoms with Gasteiger partial charge in [0.05, 0.1) is 13.2 Å². The van der Waals surface area contributed by atoms with Crippen molar-refractivity contribution >= 4 is 17.8 Å². The Hall–Kier alpha value is -2.95. The normalized spacial score (nSPS) is 13.7. The molecule has 2 N–H and O–H groups in total. The van der Waals surface area contributed by atoms with Gasteiger partial charge < -0.3 is 15.4 Å². The standard InChI is InChI=1S/C18H22FN3O4/c1-11(10-20)7-16(18(25)26-3)22-17(24)15(21-12(2)23)9-13-5-4-6-14(19)8-13/h4-6,8,11,15-16H,7,9H2,1-3H3,(H,21,23)(H,22,24)/t11-,15+,16-/m1/s1. The van der Waals surface area contributed by atoms with Crippen molar-refractivity contribution in [3.05, 3.63) is 35.6 Å². The lowest BCUT2D eigenvalue weighted by Gasteiger charge is -2.22. The average molecular weight is 363 g/mol. The molecule has 8 heteroatoms. The third kappa shape index (κ3) is 6.89. The lowest BCUT2D eigenvalue weighted by molar-refractivity contribution is -0.145. The van der Waals surface area contributed by atoms with Crippen molar-refractivity contribution in [2.75, 3.05) is 7.11 Å². The van der Waals surface area contributed by atoms with E-state index in [1.807, 2.05) is 6.07 Å². The first-order valence-electron chi connectivity index (χ1n) is 8.06. The van der Waals surface area contributed by atoms with Gasteiger partial charge in [0.1, 0.15) is 17.9 Å². The smallest absolute Gasteiger partial charge is 0.328 e. The maximum Gasteiger partial charge on any atom is 0.328 e. The van der Waals surface area contributed by atoms with E-state index in [2.05, 4.69) is 15.4 Å². The molecular weight excluding hydrogens is 341 g/mol. The summed E-state index contributed by atoms with van der Waals surface area (Å²) in [6.07, 6.45) is 0.118. The van der Waals surface area contributed by atoms with Crippen LogP contribution in [0.1, 0.15) is 25.8 Å². The van der Waals surface area contributed by atoms with E-state index < -0.39 is 41.6 Å². The minimum atomic E-state index is -1.02. The van der Waals surface area contributed by atoms with Crippen LogP contribution in [0.15, 0.2) is 24.3 Å². The van der Waals surface area contributed by atoms with Gasteiger partial charge in [-0.05, 0) is 31.0 Å². The molecule has 0 aliphatic carbocycles. The number of ether oxygens (including phenoxy) is 1. The second kappa shape index (κ2) is 10.1. The molecule has 0 heterocycles. The van der Waals surface area contributed by atoms with Gasteiger partial charge in [0, 0.05) is 19.3 Å². The summed E-state index contributed by atoms with van der Waals surface area (Å²) >= 11 is 0. The predicted octanol–water partition coefficient (Wildman–Crippen LogP) is 1.08. The van der Waals surface area contributed by atoms with Crippen LogP contribution < -0.4 is 10.6 Å². The van der Waals surface area contributed by atoms with Crippen LogP contribution in [-0.2, 0) is 25.5 Å². The van der Waals surface area contributed by atoms with Gasteiger partial charge in [-0.25, -0.2) is 9.18 Å². The molecule has 140 valence electrons. The average Bonchev–Trinajstić information content (AvgIpc) is 2.59. The number of nitriles is 1. The number of carbonyl (C=O) groups excluding carboxylic acids is 3. The fraction of sp³-hybridized carbons (Fsp3) is 0.444. The van der Waals surface area contributed by atoms with E-state index in [0.29, 0.717) is 5.56 Å². The molecule has 7 nitrogen and oxygen atoms in total. The van der Waals surface area contributed by atoms with Crippen LogP contribution >= 0.6 is 0 Å². The maximum atomic E-state index is 13.3. The highest BCUT2D eigenvalue weighted by Crippen LogP contribution is 2.10. The second-order valence-electron chi connectivity index (χ2n) is 5.94. The third-order valence-corrected chi connectivity index (χ3v) is 3.63. The number of nitrogens with one attached hydrogen (secondary N) is 2. The van der Waals surface area contributed by atoms with E-state index in [1.165, 1.54) is 32.2 Å². The van der Waals surface area contributed by atoms with E-state index >= 15 is 0 Å². The Morgan fingerprint density at radius 3 is 2.50 bits per heavy atom. The molecule has 1 aromatic rings. The summed E-state index contributed by atoms with van der Waals surface area (Å²) in [5, 5.41) is 13.9. The molecule has 1 aromatic carbocycles. The Morgan fingerprint density at radius 1 is 1.27 bits per heavy atom. The number of rotatable bonds is 8. The zero-order valence-corrected chi connectivity index (χ0v) is 14.9. The monoisotopic (exact) mass is 363 g/mol. The molecule has 0 spiro atoms. The number of benzene rings is 1. The molecule has 0 bridgehead atoms. The zero-order chi connectivity index (χ0) is 19.7. The predicted molar refractivity (Wildman–Crippen MR) is 91.0 cm³/mol. The number of hydrogen-bond acceptors (Lipinski definition) is 5. The minimum absolute atomic E-state index is 0.0465. The van der Waals surface area contributed by atoms with Crippen molar-refractivity contribution in [2.45, 2.75) is 38.8 Å². The molecule has 0 unspecified atom stereocenters. The number of amides is 2. The quantitative estimate of drug-likeness (QED) is 0.672. The number of carbonyl (C=O) groups is 3. The van der Waals surface area contributed by atoms with Crippen molar-refractivity contribution in [1.82, 2.24) is 10.6 Å². The highest BCUT2D eigenvalue weighted by molar-refractivity contribution is 5.90. The lowest BCUT2D eigenvalue weighted by atomic mass is 10.0. The van der Waals surface area contributed by atoms with Gasteiger partial charge in [-0.3, -0.25) is 9.59 Å². The largest absolute Gasteiger partial charge is 0.467 e. The summed E-state index contributed by atoms with van der Waals surface area (Å²) in [7, 11) is 1.18. The van der Waals surface area contributed by atoms with Crippen molar-refractivity contribution in [3.63, 3.8) is 0 Å². The summed E-state index contributed by atoms with van der Waals surface area (Å²) < 4.78 is 18.0. The second-order valence-corrected chi connectivity index (χ2v) is 5.94. The van der Waals surface area contributed by atoms with E-state index in [-0.39, 0.29) is 12.8 Å². The molecule has 0 fully saturated rings. The lowest BCUT2D eigenvalue weighted by Crippen LogP contribution is -2.52. The minimum Gasteiger partial charge on any atom is -0.467 e. The fourth-order valence-electron chi connectivity index (χ4n) is 2.39. The summed E-state index contributed by atoms with van der Waals surface area (Å²) in [6.45, 7) is 2.86. The zero-order valence-electron chi connectivity index (χ0n) is 14.9. The first kappa shape index (κ1) is 21.1. The van der Waals surface area contributed by atoms with Crippen LogP contribution in [0, 0.1) is 23.1 Å². The summed E-state index contributed by atoms with van der Waals surface area (Å²) in [4.78, 5) is 35.8. The van der Waals surface area contributed by atoms with Gasteiger partial charge in [-0.2, -0.15) is 5.26 Å². The molecule has 1 rings (SSSR count). The molecule has 0 aliphatic heterocycles. The van der Waals surface area contributed by atoms with E-state index in [1.54, 1.807) is 13.0 Å². The Bertz CT molecular complexity index is 702. The highest BCUT2D eigenvalue weighted by Gasteiger charge is 2.28. The van der Waals surface area contributed by atoms with Crippen LogP contribution in [0.4, 0.5) is 4.39 Å². The Labute approximate surface area is 151 Å². The van der Waals surface area contributed by atoms with Gasteiger partial charge in [-0.15, -0.1) is 0 Å². The topological polar surface area (TPSA) is 108 Å². The van der Waals surface area contributed by atoms with Gasteiger partial charge in [0.25, 0.3) is 0 Å². The van der Waals surface area contributed by atoms with Gasteiger partial charge in [0.2, 0.25) is 11.8 Å². The number of halogens is 1. The van der Waals surface area contributed by atoms with Gasteiger partial charge >= 0.3 is 5.97 Å². The van der Waals surface area contributed by atoms with E-state index in [0.717, 1.165) is 0 Å². The molecule has 0 radical (unpaired) electrons. The van der Waals surface area contributed by atoms with Crippen LogP contribution in [-0.4, -0.2) is 37.0 Å². The number of nitrogens with zero attached hydrogens (tertiary/aromatic N) is 1. The molecule has 26 heavy (non-hydrogen) atoms. The highest BCUT2D eigenvalue weighted by atomic mass is 19.1. The van der Waals surface area contributed by atoms with Crippen molar-refractivity contribution in [3.8, 4) is 6.07 Å². The third-order valence-electron chi connectivity index (χ3n) is 3.63. The maximum absolute atomic E-state index is 13.3. The summed E-state index contributed by atoms with van der Waals surface area (Å²) in [5.41, 5.74) is 0.513. The molecular formula is C18H22FN3O4. The number of hydrogen-bond donors (Lipinski definition) is 2. The SMILES string of the molecule is COC(=O)[C@@H](C[C@@H](C)C#N)NC(=O)[C@H](Cc1cccc(F)c1)NC(C)=O. The molecule has 0 aliphatic rings. The molecule has 0 aromatic heterocycles.